The van der Waals surface area contributed by atoms with Crippen molar-refractivity contribution in [1.82, 2.24) is 4.67 Å². The minimum Gasteiger partial charge on any atom is -0.542 e. The third-order valence-electron chi connectivity index (χ3n) is 3.31. The molecule has 0 saturated heterocycles. The molecule has 0 aromatic heterocycles. The van der Waals surface area contributed by atoms with Crippen LogP contribution in [0.3, 0.4) is 0 Å². The standard InChI is InChI=1S/C11H18NP.C5H5.C4H6O.Co/c1-10(12(2)13(3)4)11-8-6-5-7-9-11;1-2-4-5-3-1;1-2-3-4-5;/h5-10H,1-4H3;1-5H;1-3H2;/q;;-2;+2/t10-;;;/m0.../s1. The normalized spacial score (nSPS) is 12.6. The van der Waals surface area contributed by atoms with Gasteiger partial charge in [0.25, 0.3) is 0 Å². The van der Waals surface area contributed by atoms with Crippen LogP contribution in [-0.4, -0.2) is 31.3 Å². The third kappa shape index (κ3) is 12.7. The molecule has 1 aromatic rings. The van der Waals surface area contributed by atoms with Gasteiger partial charge in [0.15, 0.2) is 0 Å². The zero-order valence-electron chi connectivity index (χ0n) is 15.1. The maximum Gasteiger partial charge on any atom is 2.00 e. The summed E-state index contributed by atoms with van der Waals surface area (Å²) in [7, 11) is 2.21. The minimum absolute atomic E-state index is 0. The first-order valence-corrected chi connectivity index (χ1v) is 9.99. The van der Waals surface area contributed by atoms with Crippen molar-refractivity contribution >= 4 is 14.4 Å². The zero-order valence-corrected chi connectivity index (χ0v) is 17.0. The van der Waals surface area contributed by atoms with E-state index in [1.807, 2.05) is 30.7 Å². The van der Waals surface area contributed by atoms with Crippen molar-refractivity contribution in [2.75, 3.05) is 20.4 Å². The first-order chi connectivity index (χ1) is 11.0. The molecular formula is C20H29CoNOP. The number of hydrogen-bond donors (Lipinski definition) is 0. The molecule has 1 atom stereocenters. The summed E-state index contributed by atoms with van der Waals surface area (Å²) in [6.07, 6.45) is 12.8. The molecule has 0 N–H and O–H groups in total. The molecule has 0 spiro atoms. The molecule has 24 heavy (non-hydrogen) atoms. The monoisotopic (exact) mass is 389 g/mol. The van der Waals surface area contributed by atoms with Crippen LogP contribution in [-0.2, 0) is 21.6 Å². The molecule has 0 fully saturated rings. The summed E-state index contributed by atoms with van der Waals surface area (Å²) in [6.45, 7) is 10.2. The van der Waals surface area contributed by atoms with Crippen molar-refractivity contribution in [3.8, 4) is 0 Å². The number of nitrogens with zero attached hydrogens (tertiary/aromatic N) is 1. The number of benzene rings is 1. The molecule has 0 unspecified atom stereocenters. The Hall–Kier alpha value is -0.734. The number of rotatable bonds is 5. The van der Waals surface area contributed by atoms with Crippen LogP contribution in [0.5, 0.6) is 0 Å². The van der Waals surface area contributed by atoms with Gasteiger partial charge in [-0.05, 0) is 40.9 Å². The summed E-state index contributed by atoms with van der Waals surface area (Å²) in [5, 5.41) is 0. The van der Waals surface area contributed by atoms with Crippen molar-refractivity contribution in [1.29, 1.82) is 0 Å². The van der Waals surface area contributed by atoms with Crippen LogP contribution in [0.4, 0.5) is 0 Å². The predicted octanol–water partition coefficient (Wildman–Crippen LogP) is 5.36. The van der Waals surface area contributed by atoms with E-state index in [1.54, 1.807) is 6.29 Å². The number of carbonyl (C=O) groups excluding carboxylic acids is 1. The summed E-state index contributed by atoms with van der Waals surface area (Å²) in [4.78, 5) is 9.24. The second kappa shape index (κ2) is 17.1. The van der Waals surface area contributed by atoms with Crippen molar-refractivity contribution in [2.24, 2.45) is 0 Å². The van der Waals surface area contributed by atoms with Crippen LogP contribution in [0, 0.1) is 13.3 Å². The quantitative estimate of drug-likeness (QED) is 0.499. The molecule has 1 aliphatic rings. The van der Waals surface area contributed by atoms with Gasteiger partial charge in [-0.2, -0.15) is 6.42 Å². The molecule has 1 aromatic carbocycles. The molecule has 0 bridgehead atoms. The van der Waals surface area contributed by atoms with Gasteiger partial charge in [0, 0.05) is 12.5 Å². The molecule has 2 radical (unpaired) electrons. The van der Waals surface area contributed by atoms with E-state index in [-0.39, 0.29) is 24.9 Å². The summed E-state index contributed by atoms with van der Waals surface area (Å²) in [6, 6.07) is 11.2. The fraction of sp³-hybridized carbons (Fsp3) is 0.350. The van der Waals surface area contributed by atoms with Gasteiger partial charge < -0.3 is 11.7 Å². The van der Waals surface area contributed by atoms with Gasteiger partial charge in [-0.15, -0.1) is 0 Å². The fourth-order valence-electron chi connectivity index (χ4n) is 1.69. The minimum atomic E-state index is 0. The molecule has 0 amide bonds. The maximum atomic E-state index is 9.24. The third-order valence-corrected chi connectivity index (χ3v) is 4.92. The fourth-order valence-corrected chi connectivity index (χ4v) is 2.51. The SMILES string of the molecule is C[C@@H](c1ccccc1)N(C)P(C)C.[CH2-]CC[C-]=O.[CH]1C=CC=C1.[Co+2]. The van der Waals surface area contributed by atoms with Gasteiger partial charge >= 0.3 is 16.8 Å². The van der Waals surface area contributed by atoms with E-state index in [0.29, 0.717) is 18.9 Å². The van der Waals surface area contributed by atoms with E-state index < -0.39 is 0 Å². The number of allylic oxidation sites excluding steroid dienone is 4. The second-order valence-electron chi connectivity index (χ2n) is 5.22. The van der Waals surface area contributed by atoms with Crippen LogP contribution < -0.4 is 0 Å². The Labute approximate surface area is 160 Å². The summed E-state index contributed by atoms with van der Waals surface area (Å²) >= 11 is 0. The summed E-state index contributed by atoms with van der Waals surface area (Å²) < 4.78 is 2.44. The van der Waals surface area contributed by atoms with Gasteiger partial charge in [0.05, 0.1) is 0 Å². The first-order valence-electron chi connectivity index (χ1n) is 7.80. The Morgan fingerprint density at radius 2 is 1.67 bits per heavy atom. The number of unbranched alkanes of at least 4 members (excludes halogenated alkanes) is 1. The van der Waals surface area contributed by atoms with Crippen molar-refractivity contribution in [3.05, 3.63) is 73.5 Å². The van der Waals surface area contributed by atoms with E-state index >= 15 is 0 Å². The molecule has 134 valence electrons. The summed E-state index contributed by atoms with van der Waals surface area (Å²) in [5.41, 5.74) is 1.40. The van der Waals surface area contributed by atoms with E-state index in [4.69, 9.17) is 0 Å². The second-order valence-corrected chi connectivity index (χ2v) is 7.54. The van der Waals surface area contributed by atoms with Gasteiger partial charge in [0.1, 0.15) is 0 Å². The topological polar surface area (TPSA) is 20.3 Å². The molecular weight excluding hydrogens is 360 g/mol. The average molecular weight is 389 g/mol. The van der Waals surface area contributed by atoms with Gasteiger partial charge in [0.2, 0.25) is 0 Å². The van der Waals surface area contributed by atoms with Gasteiger partial charge in [-0.25, -0.2) is 6.42 Å². The van der Waals surface area contributed by atoms with Crippen molar-refractivity contribution in [2.45, 2.75) is 25.8 Å². The zero-order chi connectivity index (χ0) is 17.5. The molecule has 0 heterocycles. The average Bonchev–Trinajstić information content (AvgIpc) is 3.15. The van der Waals surface area contributed by atoms with Crippen LogP contribution >= 0.6 is 8.07 Å². The molecule has 0 aliphatic heterocycles. The summed E-state index contributed by atoms with van der Waals surface area (Å²) in [5.74, 6) is 0. The van der Waals surface area contributed by atoms with E-state index in [9.17, 15) is 4.79 Å². The Bertz CT molecular complexity index is 450. The molecule has 2 nitrogen and oxygen atoms in total. The van der Waals surface area contributed by atoms with Crippen LogP contribution in [0.15, 0.2) is 54.6 Å². The van der Waals surface area contributed by atoms with E-state index in [2.05, 4.69) is 69.2 Å². The Morgan fingerprint density at radius 1 is 1.12 bits per heavy atom. The van der Waals surface area contributed by atoms with Crippen molar-refractivity contribution < 1.29 is 21.6 Å². The smallest absolute Gasteiger partial charge is 0.542 e. The number of hydrogen-bond acceptors (Lipinski definition) is 2. The van der Waals surface area contributed by atoms with Gasteiger partial charge in [-0.3, -0.25) is 11.0 Å². The van der Waals surface area contributed by atoms with Crippen LogP contribution in [0.25, 0.3) is 0 Å². The predicted molar refractivity (Wildman–Crippen MR) is 104 cm³/mol. The Balaban J connectivity index is 0. The van der Waals surface area contributed by atoms with E-state index in [0.717, 1.165) is 0 Å². The van der Waals surface area contributed by atoms with E-state index in [1.165, 1.54) is 5.56 Å². The Morgan fingerprint density at radius 3 is 1.96 bits per heavy atom. The Kier molecular flexibility index (Phi) is 18.2. The van der Waals surface area contributed by atoms with Crippen molar-refractivity contribution in [3.63, 3.8) is 0 Å². The largest absolute Gasteiger partial charge is 2.00 e. The molecule has 1 aliphatic carbocycles. The van der Waals surface area contributed by atoms with Crippen LogP contribution in [0.1, 0.15) is 31.4 Å². The van der Waals surface area contributed by atoms with Gasteiger partial charge in [-0.1, -0.05) is 54.6 Å². The van der Waals surface area contributed by atoms with Crippen LogP contribution in [0.2, 0.25) is 0 Å². The maximum absolute atomic E-state index is 9.24. The molecule has 4 heteroatoms. The molecule has 2 rings (SSSR count). The molecule has 0 saturated carbocycles. The first kappa shape index (κ1) is 25.5.